The van der Waals surface area contributed by atoms with Crippen LogP contribution in [0.4, 0.5) is 0 Å². The molecule has 13 unspecified atom stereocenters. The number of fused-ring (bicyclic) bond motifs is 4. The Balaban J connectivity index is 0.943. The first-order valence-corrected chi connectivity index (χ1v) is 21.9. The van der Waals surface area contributed by atoms with E-state index >= 15 is 0 Å². The summed E-state index contributed by atoms with van der Waals surface area (Å²) in [5.74, 6) is 8.63. The second-order valence-corrected chi connectivity index (χ2v) is 18.6. The fourth-order valence-electron chi connectivity index (χ4n) is 12.9. The minimum Gasteiger partial charge on any atom is -0.677 e. The van der Waals surface area contributed by atoms with E-state index in [0.717, 1.165) is 30.7 Å². The van der Waals surface area contributed by atoms with Crippen molar-refractivity contribution < 1.29 is 0 Å². The van der Waals surface area contributed by atoms with Crippen molar-refractivity contribution in [3.05, 3.63) is 112 Å². The smallest absolute Gasteiger partial charge is 0.0269 e. The average Bonchev–Trinajstić information content (AvgIpc) is 3.85. The van der Waals surface area contributed by atoms with Crippen molar-refractivity contribution in [2.24, 2.45) is 82.7 Å². The molecule has 0 aromatic rings. The maximum Gasteiger partial charge on any atom is 0.0269 e. The molecular formula is C49H66N3-. The first kappa shape index (κ1) is 35.1. The van der Waals surface area contributed by atoms with Gasteiger partial charge in [-0.1, -0.05) is 85.3 Å². The van der Waals surface area contributed by atoms with Gasteiger partial charge in [0.25, 0.3) is 0 Å². The molecule has 8 aliphatic carbocycles. The van der Waals surface area contributed by atoms with E-state index in [1.165, 1.54) is 83.5 Å². The van der Waals surface area contributed by atoms with Gasteiger partial charge in [0, 0.05) is 34.8 Å². The van der Waals surface area contributed by atoms with E-state index in [1.54, 1.807) is 33.8 Å². The average molecular weight is 697 g/mol. The standard InChI is InChI=1S/C49H66N3/c1-31(41-17-8-6-11-38(41)29-50)33-13-10-14-35(25-33)36-20-22-43-44-23-21-37(28-48(44)52(47(43)27-36)40-15-4-3-5-16-40)49-45-24-19-34(26-46(45)49)32(2)42-18-9-7-12-39(42)30-51/h8-10,14-15,17-20,24,27-28,31,33-35,37-39,41,43-46,49-50H,3-7,11-13,16,21-23,25-26,29-30,51H2,1-2H3/q-1/b42-32+. The van der Waals surface area contributed by atoms with E-state index in [9.17, 15) is 0 Å². The third-order valence-corrected chi connectivity index (χ3v) is 16.0. The summed E-state index contributed by atoms with van der Waals surface area (Å²) in [6, 6.07) is 0. The van der Waals surface area contributed by atoms with Crippen molar-refractivity contribution in [2.45, 2.75) is 104 Å². The summed E-state index contributed by atoms with van der Waals surface area (Å²) in [6.45, 7) is 6.28. The van der Waals surface area contributed by atoms with Crippen molar-refractivity contribution in [3.63, 3.8) is 0 Å². The van der Waals surface area contributed by atoms with Gasteiger partial charge in [-0.3, -0.25) is 0 Å². The summed E-state index contributed by atoms with van der Waals surface area (Å²) in [7, 11) is 0. The molecule has 1 aliphatic heterocycles. The minimum absolute atomic E-state index is 0.528. The highest BCUT2D eigenvalue weighted by Crippen LogP contribution is 2.63. The number of nitrogens with zero attached hydrogens (tertiary/aromatic N) is 1. The Hall–Kier alpha value is -2.62. The molecule has 0 aromatic heterocycles. The van der Waals surface area contributed by atoms with Crippen molar-refractivity contribution >= 4 is 0 Å². The van der Waals surface area contributed by atoms with Gasteiger partial charge >= 0.3 is 0 Å². The first-order valence-electron chi connectivity index (χ1n) is 21.9. The Bertz CT molecular complexity index is 1640. The van der Waals surface area contributed by atoms with Gasteiger partial charge in [-0.25, -0.2) is 0 Å². The fourth-order valence-corrected chi connectivity index (χ4v) is 12.9. The highest BCUT2D eigenvalue weighted by atomic mass is 15.2. The molecule has 9 aliphatic rings. The number of nitrogens with two attached hydrogens (primary N) is 1. The summed E-state index contributed by atoms with van der Waals surface area (Å²) in [4.78, 5) is 2.85. The molecule has 0 bridgehead atoms. The number of hydrogen-bond donors (Lipinski definition) is 1. The molecule has 13 atom stereocenters. The predicted molar refractivity (Wildman–Crippen MR) is 217 cm³/mol. The Morgan fingerprint density at radius 2 is 1.81 bits per heavy atom. The van der Waals surface area contributed by atoms with Crippen LogP contribution in [0.3, 0.4) is 0 Å². The second-order valence-electron chi connectivity index (χ2n) is 18.6. The van der Waals surface area contributed by atoms with Gasteiger partial charge in [0.15, 0.2) is 0 Å². The van der Waals surface area contributed by atoms with Gasteiger partial charge in [-0.05, 0) is 174 Å². The predicted octanol–water partition coefficient (Wildman–Crippen LogP) is 12.0. The van der Waals surface area contributed by atoms with E-state index in [0.29, 0.717) is 65.7 Å². The van der Waals surface area contributed by atoms with E-state index < -0.39 is 0 Å². The Labute approximate surface area is 315 Å². The van der Waals surface area contributed by atoms with Gasteiger partial charge in [0.2, 0.25) is 0 Å². The SMILES string of the molecule is C/C(=C1/C=CCCC1CN)C1C=CC2C(C1)C2C1C=C2C(CC1)C1CC=C(C3C=CCC(C(C)C4C=CCCC4C[NH-])C3)C=C1N2C1=CCCCC1. The van der Waals surface area contributed by atoms with E-state index in [4.69, 9.17) is 11.5 Å². The van der Waals surface area contributed by atoms with Gasteiger partial charge in [-0.15, -0.1) is 6.54 Å². The molecule has 0 radical (unpaired) electrons. The highest BCUT2D eigenvalue weighted by Gasteiger charge is 2.56. The third-order valence-electron chi connectivity index (χ3n) is 16.0. The molecule has 1 saturated carbocycles. The molecule has 0 amide bonds. The van der Waals surface area contributed by atoms with Crippen molar-refractivity contribution in [3.8, 4) is 0 Å². The number of allylic oxidation sites excluding steroid dienone is 17. The summed E-state index contributed by atoms with van der Waals surface area (Å²) in [5, 5.41) is 0. The lowest BCUT2D eigenvalue weighted by atomic mass is 9.67. The molecule has 3 nitrogen and oxygen atoms in total. The lowest BCUT2D eigenvalue weighted by molar-refractivity contribution is 0.192. The third kappa shape index (κ3) is 6.38. The van der Waals surface area contributed by atoms with Gasteiger partial charge in [-0.2, -0.15) is 0 Å². The van der Waals surface area contributed by atoms with Gasteiger partial charge in [0.05, 0.1) is 0 Å². The summed E-state index contributed by atoms with van der Waals surface area (Å²) in [5.41, 5.74) is 24.1. The summed E-state index contributed by atoms with van der Waals surface area (Å²) in [6.07, 6.45) is 48.4. The Kier molecular flexibility index (Phi) is 10.1. The van der Waals surface area contributed by atoms with Crippen LogP contribution in [0.5, 0.6) is 0 Å². The van der Waals surface area contributed by atoms with Crippen LogP contribution in [-0.2, 0) is 0 Å². The molecule has 2 fully saturated rings. The van der Waals surface area contributed by atoms with Crippen LogP contribution in [0.1, 0.15) is 104 Å². The highest BCUT2D eigenvalue weighted by molar-refractivity contribution is 5.45. The second kappa shape index (κ2) is 14.9. The fraction of sp³-hybridized carbons (Fsp3) is 0.633. The number of hydrogen-bond acceptors (Lipinski definition) is 2. The van der Waals surface area contributed by atoms with Crippen LogP contribution in [0, 0.1) is 76.9 Å². The minimum atomic E-state index is 0.528. The lowest BCUT2D eigenvalue weighted by Crippen LogP contribution is -2.31. The van der Waals surface area contributed by atoms with Crippen LogP contribution in [0.25, 0.3) is 5.73 Å². The molecule has 0 spiro atoms. The molecule has 52 heavy (non-hydrogen) atoms. The maximum absolute atomic E-state index is 8.24. The summed E-state index contributed by atoms with van der Waals surface area (Å²) >= 11 is 0. The zero-order valence-corrected chi connectivity index (χ0v) is 32.3. The first-order chi connectivity index (χ1) is 25.5. The topological polar surface area (TPSA) is 53.1 Å². The van der Waals surface area contributed by atoms with Crippen LogP contribution in [0.15, 0.2) is 107 Å². The van der Waals surface area contributed by atoms with Crippen LogP contribution in [0.2, 0.25) is 0 Å². The number of nitrogens with one attached hydrogen (secondary N) is 1. The van der Waals surface area contributed by atoms with Crippen LogP contribution < -0.4 is 5.73 Å². The molecule has 9 rings (SSSR count). The maximum atomic E-state index is 8.24. The van der Waals surface area contributed by atoms with Crippen molar-refractivity contribution in [2.75, 3.05) is 13.1 Å². The Morgan fingerprint density at radius 3 is 2.65 bits per heavy atom. The van der Waals surface area contributed by atoms with Gasteiger partial charge < -0.3 is 16.4 Å². The molecular weight excluding hydrogens is 631 g/mol. The largest absolute Gasteiger partial charge is 0.677 e. The molecule has 0 aromatic carbocycles. The Morgan fingerprint density at radius 1 is 0.904 bits per heavy atom. The number of likely N-dealkylation sites (tertiary alicyclic amines) is 1. The zero-order valence-electron chi connectivity index (χ0n) is 32.3. The quantitative estimate of drug-likeness (QED) is 0.257. The molecule has 3 heteroatoms. The van der Waals surface area contributed by atoms with Gasteiger partial charge in [0.1, 0.15) is 0 Å². The van der Waals surface area contributed by atoms with Crippen LogP contribution >= 0.6 is 0 Å². The normalized spacial score (nSPS) is 42.3. The molecule has 1 heterocycles. The van der Waals surface area contributed by atoms with E-state index in [-0.39, 0.29) is 0 Å². The number of rotatable bonds is 8. The zero-order chi connectivity index (χ0) is 35.3. The molecule has 3 N–H and O–H groups in total. The molecule has 1 saturated heterocycles. The van der Waals surface area contributed by atoms with Crippen molar-refractivity contribution in [1.82, 2.24) is 4.90 Å². The van der Waals surface area contributed by atoms with E-state index in [1.807, 2.05) is 0 Å². The lowest BCUT2D eigenvalue weighted by Gasteiger charge is -2.40. The molecule has 278 valence electrons. The monoisotopic (exact) mass is 697 g/mol. The van der Waals surface area contributed by atoms with Crippen LogP contribution in [-0.4, -0.2) is 18.0 Å². The summed E-state index contributed by atoms with van der Waals surface area (Å²) < 4.78 is 0. The van der Waals surface area contributed by atoms with E-state index in [2.05, 4.69) is 91.7 Å². The van der Waals surface area contributed by atoms with Crippen molar-refractivity contribution in [1.29, 1.82) is 0 Å².